The Hall–Kier alpha value is -0.330. The van der Waals surface area contributed by atoms with Gasteiger partial charge in [0.2, 0.25) is 0 Å². The van der Waals surface area contributed by atoms with E-state index in [-0.39, 0.29) is 0 Å². The molecule has 0 aromatic rings. The molecule has 7 heavy (non-hydrogen) atoms. The minimum atomic E-state index is 0.899. The molecule has 0 rings (SSSR count). The van der Waals surface area contributed by atoms with Crippen molar-refractivity contribution >= 4 is 5.71 Å². The van der Waals surface area contributed by atoms with E-state index in [1.807, 2.05) is 27.2 Å². The fourth-order valence-electron chi connectivity index (χ4n) is 0.341. The Labute approximate surface area is 45.5 Å². The fourth-order valence-corrected chi connectivity index (χ4v) is 0.341. The summed E-state index contributed by atoms with van der Waals surface area (Å²) in [5, 5.41) is 0. The lowest BCUT2D eigenvalue weighted by atomic mass is 10.3. The first-order valence-electron chi connectivity index (χ1n) is 2.61. The molecular formula is C6H12N. The topological polar surface area (TPSA) is 12.4 Å². The van der Waals surface area contributed by atoms with Crippen molar-refractivity contribution in [2.45, 2.75) is 20.8 Å². The molecular weight excluding hydrogens is 86.1 g/mol. The smallest absolute Gasteiger partial charge is 0.0360 e. The quantitative estimate of drug-likeness (QED) is 0.466. The van der Waals surface area contributed by atoms with Crippen molar-refractivity contribution in [3.05, 3.63) is 6.42 Å². The second-order valence-electron chi connectivity index (χ2n) is 1.40. The second kappa shape index (κ2) is 3.85. The Kier molecular flexibility index (Phi) is 3.67. The summed E-state index contributed by atoms with van der Waals surface area (Å²) in [5.74, 6) is 0. The predicted molar refractivity (Wildman–Crippen MR) is 33.6 cm³/mol. The molecule has 0 amide bonds. The molecule has 0 spiro atoms. The molecule has 0 aliphatic rings. The highest BCUT2D eigenvalue weighted by Gasteiger charge is 1.78. The monoisotopic (exact) mass is 98.1 g/mol. The molecule has 0 unspecified atom stereocenters. The van der Waals surface area contributed by atoms with E-state index in [2.05, 4.69) is 4.99 Å². The summed E-state index contributed by atoms with van der Waals surface area (Å²) in [6.45, 7) is 6.93. The first kappa shape index (κ1) is 6.67. The molecule has 0 bridgehead atoms. The number of aliphatic imine (C=N–C) groups is 1. The third kappa shape index (κ3) is 3.50. The summed E-state index contributed by atoms with van der Waals surface area (Å²) in [7, 11) is 0. The highest BCUT2D eigenvalue weighted by atomic mass is 14.7. The van der Waals surface area contributed by atoms with Crippen LogP contribution in [0.2, 0.25) is 0 Å². The van der Waals surface area contributed by atoms with E-state index in [1.54, 1.807) is 0 Å². The van der Waals surface area contributed by atoms with E-state index >= 15 is 0 Å². The van der Waals surface area contributed by atoms with Crippen LogP contribution < -0.4 is 0 Å². The lowest BCUT2D eigenvalue weighted by Crippen LogP contribution is -1.87. The molecule has 0 aromatic heterocycles. The molecule has 0 N–H and O–H groups in total. The van der Waals surface area contributed by atoms with Crippen LogP contribution in [-0.2, 0) is 0 Å². The summed E-state index contributed by atoms with van der Waals surface area (Å²) in [6, 6.07) is 0. The van der Waals surface area contributed by atoms with Crippen LogP contribution in [0.25, 0.3) is 0 Å². The summed E-state index contributed by atoms with van der Waals surface area (Å²) in [6.07, 6.45) is 2.00. The van der Waals surface area contributed by atoms with Crippen LogP contribution in [0.3, 0.4) is 0 Å². The van der Waals surface area contributed by atoms with Crippen LogP contribution in [0.5, 0.6) is 0 Å². The van der Waals surface area contributed by atoms with Gasteiger partial charge in [0.05, 0.1) is 0 Å². The maximum Gasteiger partial charge on any atom is 0.0360 e. The van der Waals surface area contributed by atoms with E-state index < -0.39 is 0 Å². The first-order valence-corrected chi connectivity index (χ1v) is 2.61. The van der Waals surface area contributed by atoms with E-state index in [1.165, 1.54) is 0 Å². The van der Waals surface area contributed by atoms with Crippen molar-refractivity contribution < 1.29 is 0 Å². The number of nitrogens with zero attached hydrogens (tertiary/aromatic N) is 1. The summed E-state index contributed by atoms with van der Waals surface area (Å²) < 4.78 is 0. The summed E-state index contributed by atoms with van der Waals surface area (Å²) in [5.41, 5.74) is 1.13. The van der Waals surface area contributed by atoms with Gasteiger partial charge in [0.1, 0.15) is 0 Å². The highest BCUT2D eigenvalue weighted by Crippen LogP contribution is 1.80. The fraction of sp³-hybridized carbons (Fsp3) is 0.667. The van der Waals surface area contributed by atoms with Gasteiger partial charge in [-0.25, -0.2) is 0 Å². The highest BCUT2D eigenvalue weighted by molar-refractivity contribution is 5.89. The van der Waals surface area contributed by atoms with Gasteiger partial charge >= 0.3 is 0 Å². The SMILES string of the molecule is C[CH]C(C)=NCC. The van der Waals surface area contributed by atoms with Crippen molar-refractivity contribution in [2.24, 2.45) is 4.99 Å². The lowest BCUT2D eigenvalue weighted by molar-refractivity contribution is 1.12. The Balaban J connectivity index is 3.29. The van der Waals surface area contributed by atoms with Crippen molar-refractivity contribution in [3.63, 3.8) is 0 Å². The average molecular weight is 98.2 g/mol. The minimum Gasteiger partial charge on any atom is -0.294 e. The Morgan fingerprint density at radius 3 is 2.43 bits per heavy atom. The van der Waals surface area contributed by atoms with Gasteiger partial charge in [0.25, 0.3) is 0 Å². The van der Waals surface area contributed by atoms with Gasteiger partial charge < -0.3 is 0 Å². The van der Waals surface area contributed by atoms with Crippen LogP contribution in [0.15, 0.2) is 4.99 Å². The molecule has 0 aromatic carbocycles. The molecule has 0 saturated carbocycles. The summed E-state index contributed by atoms with van der Waals surface area (Å²) in [4.78, 5) is 4.10. The maximum absolute atomic E-state index is 4.10. The molecule has 0 atom stereocenters. The van der Waals surface area contributed by atoms with Crippen molar-refractivity contribution in [1.29, 1.82) is 0 Å². The van der Waals surface area contributed by atoms with Crippen LogP contribution in [0.4, 0.5) is 0 Å². The van der Waals surface area contributed by atoms with Crippen molar-refractivity contribution in [3.8, 4) is 0 Å². The third-order valence-electron chi connectivity index (χ3n) is 0.825. The van der Waals surface area contributed by atoms with Gasteiger partial charge in [-0.1, -0.05) is 6.92 Å². The van der Waals surface area contributed by atoms with E-state index in [9.17, 15) is 0 Å². The largest absolute Gasteiger partial charge is 0.294 e. The molecule has 0 aliphatic heterocycles. The lowest BCUT2D eigenvalue weighted by Gasteiger charge is -1.87. The standard InChI is InChI=1S/C6H12N/c1-4-6(3)7-5-2/h4H,5H2,1-3H3. The van der Waals surface area contributed by atoms with Crippen LogP contribution in [0.1, 0.15) is 20.8 Å². The van der Waals surface area contributed by atoms with Crippen molar-refractivity contribution in [2.75, 3.05) is 6.54 Å². The number of hydrogen-bond acceptors (Lipinski definition) is 1. The van der Waals surface area contributed by atoms with E-state index in [0.717, 1.165) is 12.3 Å². The maximum atomic E-state index is 4.10. The Bertz CT molecular complexity index is 64.6. The third-order valence-corrected chi connectivity index (χ3v) is 0.825. The van der Waals surface area contributed by atoms with Crippen LogP contribution in [0, 0.1) is 6.42 Å². The van der Waals surface area contributed by atoms with Crippen molar-refractivity contribution in [1.82, 2.24) is 0 Å². The molecule has 0 fully saturated rings. The minimum absolute atomic E-state index is 0.899. The zero-order valence-corrected chi connectivity index (χ0v) is 5.23. The molecule has 1 heteroatoms. The van der Waals surface area contributed by atoms with Crippen LogP contribution >= 0.6 is 0 Å². The second-order valence-corrected chi connectivity index (χ2v) is 1.40. The predicted octanol–water partition coefficient (Wildman–Crippen LogP) is 1.69. The number of rotatable bonds is 2. The molecule has 0 heterocycles. The first-order chi connectivity index (χ1) is 3.31. The average Bonchev–Trinajstić information content (AvgIpc) is 1.68. The molecule has 0 saturated heterocycles. The molecule has 0 aliphatic carbocycles. The van der Waals surface area contributed by atoms with Gasteiger partial charge in [-0.2, -0.15) is 0 Å². The van der Waals surface area contributed by atoms with E-state index in [0.29, 0.717) is 0 Å². The van der Waals surface area contributed by atoms with Gasteiger partial charge in [0, 0.05) is 18.7 Å². The van der Waals surface area contributed by atoms with E-state index in [4.69, 9.17) is 0 Å². The Morgan fingerprint density at radius 1 is 1.71 bits per heavy atom. The molecule has 41 valence electrons. The van der Waals surface area contributed by atoms with Gasteiger partial charge in [-0.3, -0.25) is 4.99 Å². The van der Waals surface area contributed by atoms with Gasteiger partial charge in [0.15, 0.2) is 0 Å². The number of hydrogen-bond donors (Lipinski definition) is 0. The van der Waals surface area contributed by atoms with Crippen LogP contribution in [-0.4, -0.2) is 12.3 Å². The normalized spacial score (nSPS) is 12.1. The molecule has 1 radical (unpaired) electrons. The van der Waals surface area contributed by atoms with Gasteiger partial charge in [-0.15, -0.1) is 0 Å². The Morgan fingerprint density at radius 2 is 2.29 bits per heavy atom. The zero-order chi connectivity index (χ0) is 5.70. The summed E-state index contributed by atoms with van der Waals surface area (Å²) >= 11 is 0. The molecule has 1 nitrogen and oxygen atoms in total. The van der Waals surface area contributed by atoms with Gasteiger partial charge in [-0.05, 0) is 13.8 Å². The zero-order valence-electron chi connectivity index (χ0n) is 5.23.